The summed E-state index contributed by atoms with van der Waals surface area (Å²) in [6.45, 7) is 6.54. The van der Waals surface area contributed by atoms with E-state index in [4.69, 9.17) is 26.2 Å². The van der Waals surface area contributed by atoms with Crippen molar-refractivity contribution < 1.29 is 9.47 Å². The van der Waals surface area contributed by atoms with Gasteiger partial charge < -0.3 is 14.4 Å². The van der Waals surface area contributed by atoms with Crippen LogP contribution in [0.1, 0.15) is 50.3 Å². The molecule has 0 N–H and O–H groups in total. The minimum Gasteiger partial charge on any atom is -0.497 e. The molecule has 2 aromatic carbocycles. The van der Waals surface area contributed by atoms with Crippen LogP contribution in [0.15, 0.2) is 47.6 Å². The largest absolute Gasteiger partial charge is 0.497 e. The summed E-state index contributed by atoms with van der Waals surface area (Å²) < 4.78 is 12.0. The minimum absolute atomic E-state index is 0.148. The summed E-state index contributed by atoms with van der Waals surface area (Å²) >= 11 is 6.35. The standard InChI is InChI=1S/C24H28ClN3O2/c1-16(2)27-12-10-24(11-13-27)28-22(20-14-18(25)6-9-23(20)30-24)15-21(26-28)17-4-7-19(29-3)8-5-17/h4-9,14,16,22H,10-13,15H2,1-3H3/t22-/m0/s1. The Bertz CT molecular complexity index is 965. The molecule has 0 radical (unpaired) electrons. The maximum absolute atomic E-state index is 6.69. The molecule has 5 nitrogen and oxygen atoms in total. The maximum Gasteiger partial charge on any atom is 0.200 e. The van der Waals surface area contributed by atoms with E-state index in [1.807, 2.05) is 30.3 Å². The molecule has 0 saturated carbocycles. The zero-order valence-electron chi connectivity index (χ0n) is 17.8. The number of benzene rings is 2. The van der Waals surface area contributed by atoms with Crippen LogP contribution in [0.3, 0.4) is 0 Å². The smallest absolute Gasteiger partial charge is 0.200 e. The molecule has 158 valence electrons. The second kappa shape index (κ2) is 7.47. The van der Waals surface area contributed by atoms with Crippen LogP contribution in [0, 0.1) is 0 Å². The van der Waals surface area contributed by atoms with Crippen molar-refractivity contribution in [2.45, 2.75) is 50.9 Å². The second-order valence-corrected chi connectivity index (χ2v) is 9.14. The molecule has 0 aromatic heterocycles. The fourth-order valence-corrected chi connectivity index (χ4v) is 5.11. The summed E-state index contributed by atoms with van der Waals surface area (Å²) in [7, 11) is 1.69. The number of ether oxygens (including phenoxy) is 2. The van der Waals surface area contributed by atoms with Crippen molar-refractivity contribution in [3.63, 3.8) is 0 Å². The quantitative estimate of drug-likeness (QED) is 0.686. The molecule has 1 atom stereocenters. The summed E-state index contributed by atoms with van der Waals surface area (Å²) in [6.07, 6.45) is 2.71. The molecule has 1 saturated heterocycles. The SMILES string of the molecule is COc1ccc(C2=NN3[C@@H](C2)c2cc(Cl)ccc2OC32CCN(C(C)C)CC2)cc1. The monoisotopic (exact) mass is 425 g/mol. The second-order valence-electron chi connectivity index (χ2n) is 8.70. The Labute approximate surface area is 183 Å². The lowest BCUT2D eigenvalue weighted by Gasteiger charge is -2.51. The van der Waals surface area contributed by atoms with Gasteiger partial charge in [-0.15, -0.1) is 0 Å². The zero-order chi connectivity index (χ0) is 20.9. The lowest BCUT2D eigenvalue weighted by Crippen LogP contribution is -2.59. The number of rotatable bonds is 3. The Balaban J connectivity index is 1.52. The van der Waals surface area contributed by atoms with E-state index in [0.717, 1.165) is 65.7 Å². The molecular weight excluding hydrogens is 398 g/mol. The van der Waals surface area contributed by atoms with Crippen molar-refractivity contribution in [1.82, 2.24) is 9.91 Å². The Hall–Kier alpha value is -2.24. The average molecular weight is 426 g/mol. The molecule has 0 bridgehead atoms. The Morgan fingerprint density at radius 3 is 2.53 bits per heavy atom. The van der Waals surface area contributed by atoms with E-state index in [9.17, 15) is 0 Å². The van der Waals surface area contributed by atoms with Crippen molar-refractivity contribution in [2.24, 2.45) is 5.10 Å². The predicted octanol–water partition coefficient (Wildman–Crippen LogP) is 5.09. The molecule has 3 aliphatic rings. The van der Waals surface area contributed by atoms with Crippen LogP contribution in [0.25, 0.3) is 0 Å². The van der Waals surface area contributed by atoms with Crippen LogP contribution in [0.2, 0.25) is 5.02 Å². The summed E-state index contributed by atoms with van der Waals surface area (Å²) in [5.74, 6) is 1.80. The van der Waals surface area contributed by atoms with Crippen molar-refractivity contribution in [1.29, 1.82) is 0 Å². The molecule has 0 aliphatic carbocycles. The highest BCUT2D eigenvalue weighted by molar-refractivity contribution is 6.30. The molecule has 0 unspecified atom stereocenters. The van der Waals surface area contributed by atoms with E-state index in [2.05, 4.69) is 35.9 Å². The van der Waals surface area contributed by atoms with Gasteiger partial charge in [-0.2, -0.15) is 5.10 Å². The first kappa shape index (κ1) is 19.7. The molecule has 5 rings (SSSR count). The van der Waals surface area contributed by atoms with Gasteiger partial charge in [0.1, 0.15) is 11.5 Å². The third-order valence-electron chi connectivity index (χ3n) is 6.69. The molecule has 1 spiro atoms. The normalized spacial score (nSPS) is 22.5. The zero-order valence-corrected chi connectivity index (χ0v) is 18.5. The fourth-order valence-electron chi connectivity index (χ4n) is 4.93. The summed E-state index contributed by atoms with van der Waals surface area (Å²) in [4.78, 5) is 2.52. The molecule has 1 fully saturated rings. The number of methoxy groups -OCH3 is 1. The van der Waals surface area contributed by atoms with Gasteiger partial charge >= 0.3 is 0 Å². The maximum atomic E-state index is 6.69. The highest BCUT2D eigenvalue weighted by Crippen LogP contribution is 2.50. The first-order chi connectivity index (χ1) is 14.5. The number of hydrazone groups is 1. The lowest BCUT2D eigenvalue weighted by molar-refractivity contribution is -0.152. The number of hydrogen-bond acceptors (Lipinski definition) is 5. The van der Waals surface area contributed by atoms with E-state index < -0.39 is 5.72 Å². The molecule has 6 heteroatoms. The van der Waals surface area contributed by atoms with Crippen molar-refractivity contribution in [3.05, 3.63) is 58.6 Å². The number of likely N-dealkylation sites (tertiary alicyclic amines) is 1. The van der Waals surface area contributed by atoms with E-state index in [0.29, 0.717) is 6.04 Å². The van der Waals surface area contributed by atoms with Crippen molar-refractivity contribution in [3.8, 4) is 11.5 Å². The van der Waals surface area contributed by atoms with Gasteiger partial charge in [-0.3, -0.25) is 0 Å². The summed E-state index contributed by atoms with van der Waals surface area (Å²) in [6, 6.07) is 14.8. The topological polar surface area (TPSA) is 37.3 Å². The van der Waals surface area contributed by atoms with Crippen LogP contribution in [0.5, 0.6) is 11.5 Å². The third-order valence-corrected chi connectivity index (χ3v) is 6.93. The van der Waals surface area contributed by atoms with Crippen molar-refractivity contribution in [2.75, 3.05) is 20.2 Å². The molecule has 0 amide bonds. The predicted molar refractivity (Wildman–Crippen MR) is 119 cm³/mol. The van der Waals surface area contributed by atoms with Gasteiger partial charge in [0, 0.05) is 49.0 Å². The first-order valence-electron chi connectivity index (χ1n) is 10.7. The fraction of sp³-hybridized carbons (Fsp3) is 0.458. The minimum atomic E-state index is -0.398. The molecule has 2 aromatic rings. The van der Waals surface area contributed by atoms with Gasteiger partial charge in [-0.05, 0) is 61.9 Å². The third kappa shape index (κ3) is 3.25. The number of nitrogens with zero attached hydrogens (tertiary/aromatic N) is 3. The first-order valence-corrected chi connectivity index (χ1v) is 11.1. The highest BCUT2D eigenvalue weighted by Gasteiger charge is 2.52. The van der Waals surface area contributed by atoms with Gasteiger partial charge in [-0.1, -0.05) is 11.6 Å². The van der Waals surface area contributed by atoms with Crippen LogP contribution >= 0.6 is 11.6 Å². The van der Waals surface area contributed by atoms with Gasteiger partial charge in [-0.25, -0.2) is 5.01 Å². The Morgan fingerprint density at radius 2 is 1.87 bits per heavy atom. The van der Waals surface area contributed by atoms with Gasteiger partial charge in [0.15, 0.2) is 0 Å². The van der Waals surface area contributed by atoms with Crippen molar-refractivity contribution >= 4 is 17.3 Å². The Kier molecular flexibility index (Phi) is 4.91. The van der Waals surface area contributed by atoms with E-state index >= 15 is 0 Å². The molecule has 3 heterocycles. The molecular formula is C24H28ClN3O2. The number of fused-ring (bicyclic) bond motifs is 4. The number of piperidine rings is 1. The van der Waals surface area contributed by atoms with Crippen LogP contribution in [0.4, 0.5) is 0 Å². The summed E-state index contributed by atoms with van der Waals surface area (Å²) in [5, 5.41) is 8.11. The highest BCUT2D eigenvalue weighted by atomic mass is 35.5. The van der Waals surface area contributed by atoms with E-state index in [1.54, 1.807) is 7.11 Å². The van der Waals surface area contributed by atoms with Crippen LogP contribution < -0.4 is 9.47 Å². The lowest BCUT2D eigenvalue weighted by atomic mass is 9.90. The van der Waals surface area contributed by atoms with Crippen LogP contribution in [-0.4, -0.2) is 47.6 Å². The van der Waals surface area contributed by atoms with E-state index in [1.165, 1.54) is 0 Å². The van der Waals surface area contributed by atoms with Gasteiger partial charge in [0.25, 0.3) is 0 Å². The molecule has 3 aliphatic heterocycles. The number of halogens is 1. The van der Waals surface area contributed by atoms with E-state index in [-0.39, 0.29) is 6.04 Å². The van der Waals surface area contributed by atoms with Gasteiger partial charge in [0.2, 0.25) is 5.72 Å². The van der Waals surface area contributed by atoms with Gasteiger partial charge in [0.05, 0.1) is 18.9 Å². The summed E-state index contributed by atoms with van der Waals surface area (Å²) in [5.41, 5.74) is 2.95. The molecule has 30 heavy (non-hydrogen) atoms. The number of hydrogen-bond donors (Lipinski definition) is 0. The average Bonchev–Trinajstić information content (AvgIpc) is 3.22. The van der Waals surface area contributed by atoms with Crippen LogP contribution in [-0.2, 0) is 0 Å². The Morgan fingerprint density at radius 1 is 1.13 bits per heavy atom.